The second-order valence-electron chi connectivity index (χ2n) is 6.94. The van der Waals surface area contributed by atoms with E-state index in [9.17, 15) is 14.0 Å². The summed E-state index contributed by atoms with van der Waals surface area (Å²) in [6.45, 7) is 2.34. The van der Waals surface area contributed by atoms with Crippen molar-refractivity contribution in [2.45, 2.75) is 52.0 Å². The zero-order valence-corrected chi connectivity index (χ0v) is 16.3. The SMILES string of the molecule is CCc1cc(C(=O)NCc2ccc(F)cc2)c(NC(=O)C2CCCCC2)s1. The Morgan fingerprint density at radius 3 is 2.52 bits per heavy atom. The van der Waals surface area contributed by atoms with Crippen LogP contribution in [-0.4, -0.2) is 11.8 Å². The molecule has 4 nitrogen and oxygen atoms in total. The summed E-state index contributed by atoms with van der Waals surface area (Å²) in [6, 6.07) is 7.88. The molecule has 27 heavy (non-hydrogen) atoms. The Labute approximate surface area is 163 Å². The summed E-state index contributed by atoms with van der Waals surface area (Å²) in [5.41, 5.74) is 1.33. The van der Waals surface area contributed by atoms with Crippen LogP contribution in [0.25, 0.3) is 0 Å². The molecule has 1 aromatic carbocycles. The fourth-order valence-corrected chi connectivity index (χ4v) is 4.33. The number of amides is 2. The van der Waals surface area contributed by atoms with E-state index >= 15 is 0 Å². The van der Waals surface area contributed by atoms with Crippen molar-refractivity contribution in [3.63, 3.8) is 0 Å². The van der Waals surface area contributed by atoms with E-state index in [1.165, 1.54) is 29.9 Å². The summed E-state index contributed by atoms with van der Waals surface area (Å²) in [5.74, 6) is -0.467. The van der Waals surface area contributed by atoms with Gasteiger partial charge in [-0.2, -0.15) is 0 Å². The minimum atomic E-state index is -0.303. The molecule has 0 bridgehead atoms. The number of carbonyl (C=O) groups excluding carboxylic acids is 2. The predicted octanol–water partition coefficient (Wildman–Crippen LogP) is 4.90. The fraction of sp³-hybridized carbons (Fsp3) is 0.429. The molecular weight excluding hydrogens is 363 g/mol. The smallest absolute Gasteiger partial charge is 0.254 e. The Hall–Kier alpha value is -2.21. The maximum absolute atomic E-state index is 13.0. The van der Waals surface area contributed by atoms with Crippen LogP contribution in [0.2, 0.25) is 0 Å². The summed E-state index contributed by atoms with van der Waals surface area (Å²) in [6.07, 6.45) is 6.03. The molecule has 6 heteroatoms. The molecule has 0 radical (unpaired) electrons. The lowest BCUT2D eigenvalue weighted by Gasteiger charge is -2.20. The minimum absolute atomic E-state index is 0.0202. The molecule has 1 fully saturated rings. The van der Waals surface area contributed by atoms with Gasteiger partial charge in [-0.1, -0.05) is 38.3 Å². The summed E-state index contributed by atoms with van der Waals surface area (Å²) in [4.78, 5) is 26.3. The average molecular weight is 389 g/mol. The van der Waals surface area contributed by atoms with Gasteiger partial charge >= 0.3 is 0 Å². The third-order valence-corrected chi connectivity index (χ3v) is 6.15. The van der Waals surface area contributed by atoms with Crippen molar-refractivity contribution in [3.05, 3.63) is 52.2 Å². The third-order valence-electron chi connectivity index (χ3n) is 4.96. The summed E-state index contributed by atoms with van der Waals surface area (Å²) in [7, 11) is 0. The average Bonchev–Trinajstić information content (AvgIpc) is 3.11. The van der Waals surface area contributed by atoms with Crippen LogP contribution in [0.4, 0.5) is 9.39 Å². The molecular formula is C21H25FN2O2S. The van der Waals surface area contributed by atoms with E-state index in [-0.39, 0.29) is 23.5 Å². The van der Waals surface area contributed by atoms with Gasteiger partial charge in [0.05, 0.1) is 5.56 Å². The zero-order valence-electron chi connectivity index (χ0n) is 15.5. The maximum Gasteiger partial charge on any atom is 0.254 e. The standard InChI is InChI=1S/C21H25FN2O2S/c1-2-17-12-18(20(26)23-13-14-8-10-16(22)11-9-14)21(27-17)24-19(25)15-6-4-3-5-7-15/h8-12,15H,2-7,13H2,1H3,(H,23,26)(H,24,25). The second-order valence-corrected chi connectivity index (χ2v) is 8.08. The fourth-order valence-electron chi connectivity index (χ4n) is 3.34. The molecule has 0 saturated heterocycles. The molecule has 1 heterocycles. The van der Waals surface area contributed by atoms with Crippen molar-refractivity contribution >= 4 is 28.2 Å². The maximum atomic E-state index is 13.0. The number of carbonyl (C=O) groups is 2. The summed E-state index contributed by atoms with van der Waals surface area (Å²) in [5, 5.41) is 6.47. The highest BCUT2D eigenvalue weighted by molar-refractivity contribution is 7.16. The van der Waals surface area contributed by atoms with Crippen molar-refractivity contribution in [1.29, 1.82) is 0 Å². The number of rotatable bonds is 6. The van der Waals surface area contributed by atoms with Crippen molar-refractivity contribution < 1.29 is 14.0 Å². The van der Waals surface area contributed by atoms with Gasteiger partial charge in [0, 0.05) is 17.3 Å². The lowest BCUT2D eigenvalue weighted by Crippen LogP contribution is -2.27. The van der Waals surface area contributed by atoms with Crippen LogP contribution in [0.3, 0.4) is 0 Å². The summed E-state index contributed by atoms with van der Waals surface area (Å²) < 4.78 is 13.0. The van der Waals surface area contributed by atoms with Gasteiger partial charge in [-0.25, -0.2) is 4.39 Å². The second kappa shape index (κ2) is 9.13. The number of benzene rings is 1. The highest BCUT2D eigenvalue weighted by Gasteiger charge is 2.24. The Morgan fingerprint density at radius 1 is 1.15 bits per heavy atom. The number of hydrogen-bond donors (Lipinski definition) is 2. The van der Waals surface area contributed by atoms with Crippen LogP contribution in [0.15, 0.2) is 30.3 Å². The molecule has 2 N–H and O–H groups in total. The first kappa shape index (κ1) is 19.5. The topological polar surface area (TPSA) is 58.2 Å². The first-order chi connectivity index (χ1) is 13.1. The molecule has 1 aliphatic carbocycles. The normalized spacial score (nSPS) is 14.7. The van der Waals surface area contributed by atoms with Gasteiger partial charge in [0.25, 0.3) is 5.91 Å². The van der Waals surface area contributed by atoms with Crippen molar-refractivity contribution in [2.75, 3.05) is 5.32 Å². The van der Waals surface area contributed by atoms with Gasteiger partial charge < -0.3 is 10.6 Å². The van der Waals surface area contributed by atoms with Crippen LogP contribution in [0.5, 0.6) is 0 Å². The van der Waals surface area contributed by atoms with Gasteiger partial charge in [0.2, 0.25) is 5.91 Å². The van der Waals surface area contributed by atoms with E-state index in [1.807, 2.05) is 13.0 Å². The number of anilines is 1. The molecule has 0 spiro atoms. The first-order valence-electron chi connectivity index (χ1n) is 9.53. The molecule has 1 saturated carbocycles. The Balaban J connectivity index is 1.68. The van der Waals surface area contributed by atoms with Crippen molar-refractivity contribution in [1.82, 2.24) is 5.32 Å². The number of thiophene rings is 1. The molecule has 1 aliphatic rings. The summed E-state index contributed by atoms with van der Waals surface area (Å²) >= 11 is 1.46. The van der Waals surface area contributed by atoms with Crippen LogP contribution in [-0.2, 0) is 17.8 Å². The van der Waals surface area contributed by atoms with Crippen LogP contribution < -0.4 is 10.6 Å². The lowest BCUT2D eigenvalue weighted by atomic mass is 9.89. The number of halogens is 1. The predicted molar refractivity (Wildman–Crippen MR) is 106 cm³/mol. The largest absolute Gasteiger partial charge is 0.348 e. The molecule has 3 rings (SSSR count). The van der Waals surface area contributed by atoms with E-state index in [0.29, 0.717) is 17.1 Å². The van der Waals surface area contributed by atoms with Gasteiger partial charge in [0.15, 0.2) is 0 Å². The highest BCUT2D eigenvalue weighted by Crippen LogP contribution is 2.31. The number of aryl methyl sites for hydroxylation is 1. The molecule has 1 aromatic heterocycles. The van der Waals surface area contributed by atoms with Gasteiger partial charge in [-0.15, -0.1) is 11.3 Å². The van der Waals surface area contributed by atoms with Crippen molar-refractivity contribution in [2.24, 2.45) is 5.92 Å². The molecule has 2 amide bonds. The minimum Gasteiger partial charge on any atom is -0.348 e. The lowest BCUT2D eigenvalue weighted by molar-refractivity contribution is -0.120. The van der Waals surface area contributed by atoms with Gasteiger partial charge in [-0.3, -0.25) is 9.59 Å². The zero-order chi connectivity index (χ0) is 19.2. The molecule has 2 aromatic rings. The molecule has 0 atom stereocenters. The Kier molecular flexibility index (Phi) is 6.61. The van der Waals surface area contributed by atoms with E-state index < -0.39 is 0 Å². The first-order valence-corrected chi connectivity index (χ1v) is 10.3. The van der Waals surface area contributed by atoms with Crippen LogP contribution >= 0.6 is 11.3 Å². The molecule has 144 valence electrons. The highest BCUT2D eigenvalue weighted by atomic mass is 32.1. The Bertz CT molecular complexity index is 795. The van der Waals surface area contributed by atoms with E-state index in [0.717, 1.165) is 42.5 Å². The van der Waals surface area contributed by atoms with Crippen LogP contribution in [0, 0.1) is 11.7 Å². The van der Waals surface area contributed by atoms with Crippen molar-refractivity contribution in [3.8, 4) is 0 Å². The Morgan fingerprint density at radius 2 is 1.85 bits per heavy atom. The van der Waals surface area contributed by atoms with Gasteiger partial charge in [0.1, 0.15) is 10.8 Å². The number of hydrogen-bond acceptors (Lipinski definition) is 3. The monoisotopic (exact) mass is 388 g/mol. The van der Waals surface area contributed by atoms with Crippen LogP contribution in [0.1, 0.15) is 59.8 Å². The van der Waals surface area contributed by atoms with E-state index in [4.69, 9.17) is 0 Å². The third kappa shape index (κ3) is 5.16. The quantitative estimate of drug-likeness (QED) is 0.740. The molecule has 0 unspecified atom stereocenters. The van der Waals surface area contributed by atoms with Gasteiger partial charge in [-0.05, 0) is 43.0 Å². The van der Waals surface area contributed by atoms with E-state index in [1.54, 1.807) is 12.1 Å². The van der Waals surface area contributed by atoms with E-state index in [2.05, 4.69) is 10.6 Å². The molecule has 0 aliphatic heterocycles. The number of nitrogens with one attached hydrogen (secondary N) is 2.